The number of hydrogen-bond acceptors (Lipinski definition) is 6. The summed E-state index contributed by atoms with van der Waals surface area (Å²) in [6.07, 6.45) is 6.48. The zero-order chi connectivity index (χ0) is 24.2. The number of benzene rings is 2. The molecule has 0 spiro atoms. The average molecular weight is 550 g/mol. The summed E-state index contributed by atoms with van der Waals surface area (Å²) in [7, 11) is 0. The van der Waals surface area contributed by atoms with E-state index in [0.717, 1.165) is 11.4 Å². The Bertz CT molecular complexity index is 1160. The molecule has 0 unspecified atom stereocenters. The molecule has 0 aliphatic heterocycles. The molecule has 0 aliphatic rings. The maximum atomic E-state index is 11.4. The van der Waals surface area contributed by atoms with Crippen LogP contribution in [-0.2, 0) is 29.6 Å². The van der Waals surface area contributed by atoms with Crippen LogP contribution in [0, 0.1) is 0 Å². The normalized spacial score (nSPS) is 10.6. The third-order valence-electron chi connectivity index (χ3n) is 4.36. The topological polar surface area (TPSA) is 96.6 Å². The molecule has 35 heavy (non-hydrogen) atoms. The molecule has 2 heterocycles. The van der Waals surface area contributed by atoms with Crippen molar-refractivity contribution < 1.29 is 26.7 Å². The zero-order valence-electron chi connectivity index (χ0n) is 18.3. The molecular formula is C26H20Cl2N4NiO2. The molecule has 0 amide bonds. The van der Waals surface area contributed by atoms with E-state index in [1.807, 2.05) is 36.4 Å². The Morgan fingerprint density at radius 1 is 0.657 bits per heavy atom. The maximum Gasteiger partial charge on any atom is 2.00 e. The molecule has 6 nitrogen and oxygen atoms in total. The van der Waals surface area contributed by atoms with Gasteiger partial charge in [0.15, 0.2) is 0 Å². The summed E-state index contributed by atoms with van der Waals surface area (Å²) in [6.45, 7) is 0.902. The van der Waals surface area contributed by atoms with Crippen molar-refractivity contribution in [2.75, 3.05) is 0 Å². The third kappa shape index (κ3) is 9.87. The van der Waals surface area contributed by atoms with Crippen LogP contribution < -0.4 is 10.2 Å². The first kappa shape index (κ1) is 28.0. The first-order chi connectivity index (χ1) is 16.5. The largest absolute Gasteiger partial charge is 2.00 e. The van der Waals surface area contributed by atoms with Gasteiger partial charge in [0, 0.05) is 34.9 Å². The predicted octanol–water partition coefficient (Wildman–Crippen LogP) is 4.85. The smallest absolute Gasteiger partial charge is 0.872 e. The van der Waals surface area contributed by atoms with Crippen LogP contribution in [0.4, 0.5) is 0 Å². The van der Waals surface area contributed by atoms with E-state index in [-0.39, 0.29) is 28.0 Å². The molecule has 2 aromatic heterocycles. The molecule has 0 saturated carbocycles. The van der Waals surface area contributed by atoms with Gasteiger partial charge in [-0.2, -0.15) is 0 Å². The van der Waals surface area contributed by atoms with E-state index in [9.17, 15) is 10.2 Å². The van der Waals surface area contributed by atoms with Gasteiger partial charge in [0.05, 0.1) is 24.5 Å². The van der Waals surface area contributed by atoms with Crippen molar-refractivity contribution in [2.45, 2.75) is 13.1 Å². The van der Waals surface area contributed by atoms with Gasteiger partial charge < -0.3 is 10.2 Å². The Kier molecular flexibility index (Phi) is 11.9. The Morgan fingerprint density at radius 2 is 1.09 bits per heavy atom. The quantitative estimate of drug-likeness (QED) is 0.253. The van der Waals surface area contributed by atoms with E-state index in [1.165, 1.54) is 24.6 Å². The van der Waals surface area contributed by atoms with Crippen LogP contribution in [0.1, 0.15) is 22.5 Å². The average Bonchev–Trinajstić information content (AvgIpc) is 2.85. The number of hydrogen-bond donors (Lipinski definition) is 0. The number of rotatable bonds is 6. The van der Waals surface area contributed by atoms with Gasteiger partial charge in [0.2, 0.25) is 0 Å². The SMILES string of the molecule is [Ni+2].[O-]c1ccc(Cl)cc1C=NCc1ccccn1.[O-]c1ccc(Cl)cc1C=NCc1ccccn1. The Labute approximate surface area is 224 Å². The number of aromatic nitrogens is 2. The van der Waals surface area contributed by atoms with Crippen LogP contribution >= 0.6 is 23.2 Å². The Balaban J connectivity index is 0.000000240. The third-order valence-corrected chi connectivity index (χ3v) is 4.83. The van der Waals surface area contributed by atoms with E-state index in [1.54, 1.807) is 36.7 Å². The van der Waals surface area contributed by atoms with Gasteiger partial charge in [0.25, 0.3) is 0 Å². The van der Waals surface area contributed by atoms with Gasteiger partial charge >= 0.3 is 16.5 Å². The van der Waals surface area contributed by atoms with Gasteiger partial charge in [-0.1, -0.05) is 59.0 Å². The number of pyridine rings is 2. The fourth-order valence-electron chi connectivity index (χ4n) is 2.70. The summed E-state index contributed by atoms with van der Waals surface area (Å²) < 4.78 is 0. The summed E-state index contributed by atoms with van der Waals surface area (Å²) in [5.41, 5.74) is 2.71. The van der Waals surface area contributed by atoms with E-state index in [0.29, 0.717) is 34.3 Å². The number of halogens is 2. The van der Waals surface area contributed by atoms with Crippen molar-refractivity contribution in [1.29, 1.82) is 0 Å². The van der Waals surface area contributed by atoms with Crippen LogP contribution in [0.3, 0.4) is 0 Å². The minimum atomic E-state index is -0.0841. The molecule has 0 bridgehead atoms. The zero-order valence-corrected chi connectivity index (χ0v) is 20.8. The van der Waals surface area contributed by atoms with E-state index in [4.69, 9.17) is 23.2 Å². The van der Waals surface area contributed by atoms with Crippen molar-refractivity contribution in [1.82, 2.24) is 9.97 Å². The van der Waals surface area contributed by atoms with Crippen LogP contribution in [-0.4, -0.2) is 22.4 Å². The minimum Gasteiger partial charge on any atom is -0.872 e. The number of aliphatic imine (C=N–C) groups is 2. The van der Waals surface area contributed by atoms with Crippen LogP contribution in [0.2, 0.25) is 10.0 Å². The van der Waals surface area contributed by atoms with Gasteiger partial charge in [0.1, 0.15) is 0 Å². The van der Waals surface area contributed by atoms with Gasteiger partial charge in [-0.15, -0.1) is 0 Å². The Morgan fingerprint density at radius 3 is 1.46 bits per heavy atom. The molecule has 0 radical (unpaired) electrons. The maximum absolute atomic E-state index is 11.4. The van der Waals surface area contributed by atoms with Crippen LogP contribution in [0.5, 0.6) is 11.5 Å². The molecule has 4 aromatic rings. The van der Waals surface area contributed by atoms with Crippen LogP contribution in [0.15, 0.2) is 95.2 Å². The first-order valence-electron chi connectivity index (χ1n) is 10.2. The molecule has 9 heteroatoms. The molecule has 2 aromatic carbocycles. The van der Waals surface area contributed by atoms with Gasteiger partial charge in [-0.25, -0.2) is 0 Å². The summed E-state index contributed by atoms with van der Waals surface area (Å²) in [6, 6.07) is 20.5. The molecular weight excluding hydrogens is 530 g/mol. The molecule has 0 fully saturated rings. The predicted molar refractivity (Wildman–Crippen MR) is 133 cm³/mol. The van der Waals surface area contributed by atoms with Gasteiger partial charge in [-0.05, 0) is 59.7 Å². The van der Waals surface area contributed by atoms with E-state index < -0.39 is 0 Å². The van der Waals surface area contributed by atoms with Crippen molar-refractivity contribution in [3.8, 4) is 11.5 Å². The second-order valence-electron chi connectivity index (χ2n) is 6.95. The molecule has 0 saturated heterocycles. The molecule has 0 aliphatic carbocycles. The molecule has 0 atom stereocenters. The standard InChI is InChI=1S/2C13H11ClN2O.Ni/c2*14-11-4-5-13(17)10(7-11)8-15-9-12-3-1-2-6-16-12;/h2*1-8,17H,9H2;/q;;+2/p-2. The molecule has 0 N–H and O–H groups in total. The summed E-state index contributed by atoms with van der Waals surface area (Å²) in [5, 5.41) is 24.0. The molecule has 180 valence electrons. The second kappa shape index (κ2) is 14.9. The molecule has 4 rings (SSSR count). The fourth-order valence-corrected chi connectivity index (χ4v) is 3.06. The minimum absolute atomic E-state index is 0. The van der Waals surface area contributed by atoms with Crippen molar-refractivity contribution in [3.05, 3.63) is 118 Å². The van der Waals surface area contributed by atoms with Crippen molar-refractivity contribution >= 4 is 35.6 Å². The number of nitrogens with zero attached hydrogens (tertiary/aromatic N) is 4. The van der Waals surface area contributed by atoms with Gasteiger partial charge in [-0.3, -0.25) is 20.0 Å². The van der Waals surface area contributed by atoms with E-state index in [2.05, 4.69) is 20.0 Å². The Hall–Kier alpha value is -3.25. The summed E-state index contributed by atoms with van der Waals surface area (Å²) in [5.74, 6) is -0.168. The summed E-state index contributed by atoms with van der Waals surface area (Å²) >= 11 is 11.6. The summed E-state index contributed by atoms with van der Waals surface area (Å²) in [4.78, 5) is 16.6. The monoisotopic (exact) mass is 548 g/mol. The van der Waals surface area contributed by atoms with Crippen molar-refractivity contribution in [2.24, 2.45) is 9.98 Å². The van der Waals surface area contributed by atoms with Crippen molar-refractivity contribution in [3.63, 3.8) is 0 Å². The fraction of sp³-hybridized carbons (Fsp3) is 0.0769. The van der Waals surface area contributed by atoms with E-state index >= 15 is 0 Å². The second-order valence-corrected chi connectivity index (χ2v) is 7.82. The van der Waals surface area contributed by atoms with Crippen LogP contribution in [0.25, 0.3) is 0 Å². The first-order valence-corrected chi connectivity index (χ1v) is 11.0.